The molecule has 22 heavy (non-hydrogen) atoms. The van der Waals surface area contributed by atoms with E-state index in [-0.39, 0.29) is 17.8 Å². The van der Waals surface area contributed by atoms with Gasteiger partial charge in [-0.1, -0.05) is 23.7 Å². The highest BCUT2D eigenvalue weighted by atomic mass is 35.5. The number of anilines is 1. The maximum absolute atomic E-state index is 13.4. The molecule has 0 saturated carbocycles. The molecule has 0 saturated heterocycles. The van der Waals surface area contributed by atoms with Crippen molar-refractivity contribution in [2.45, 2.75) is 32.2 Å². The van der Waals surface area contributed by atoms with Crippen molar-refractivity contribution in [1.29, 1.82) is 0 Å². The number of nitrogens with zero attached hydrogens (tertiary/aromatic N) is 1. The van der Waals surface area contributed by atoms with Crippen LogP contribution in [0.25, 0.3) is 0 Å². The topological polar surface area (TPSA) is 20.3 Å². The molecule has 2 nitrogen and oxygen atoms in total. The van der Waals surface area contributed by atoms with Crippen LogP contribution in [0, 0.1) is 5.82 Å². The van der Waals surface area contributed by atoms with Crippen molar-refractivity contribution in [3.05, 3.63) is 64.4 Å². The monoisotopic (exact) mass is 317 g/mol. The van der Waals surface area contributed by atoms with Crippen molar-refractivity contribution in [1.82, 2.24) is 0 Å². The standard InChI is InChI=1S/C18H17ClFNO/c1-12-2-5-14-11-16(20)8-9-17(14)21(12)18(22)10-13-3-6-15(19)7-4-13/h3-4,6-9,11-12H,2,5,10H2,1H3/t12-/m0/s1. The minimum absolute atomic E-state index is 0.0300. The van der Waals surface area contributed by atoms with E-state index in [2.05, 4.69) is 0 Å². The van der Waals surface area contributed by atoms with E-state index in [0.29, 0.717) is 11.4 Å². The molecule has 1 heterocycles. The van der Waals surface area contributed by atoms with Gasteiger partial charge in [-0.25, -0.2) is 4.39 Å². The minimum atomic E-state index is -0.251. The average molecular weight is 318 g/mol. The lowest BCUT2D eigenvalue weighted by molar-refractivity contribution is -0.118. The van der Waals surface area contributed by atoms with E-state index in [4.69, 9.17) is 11.6 Å². The van der Waals surface area contributed by atoms with Gasteiger partial charge in [0, 0.05) is 16.8 Å². The lowest BCUT2D eigenvalue weighted by Gasteiger charge is -2.35. The molecule has 0 N–H and O–H groups in total. The van der Waals surface area contributed by atoms with Gasteiger partial charge in [-0.05, 0) is 61.2 Å². The molecule has 114 valence electrons. The van der Waals surface area contributed by atoms with Crippen LogP contribution < -0.4 is 4.90 Å². The van der Waals surface area contributed by atoms with Gasteiger partial charge in [0.25, 0.3) is 0 Å². The van der Waals surface area contributed by atoms with Crippen molar-refractivity contribution in [2.75, 3.05) is 4.90 Å². The summed E-state index contributed by atoms with van der Waals surface area (Å²) in [5, 5.41) is 0.656. The molecule has 0 aliphatic carbocycles. The Morgan fingerprint density at radius 1 is 1.27 bits per heavy atom. The van der Waals surface area contributed by atoms with Gasteiger partial charge in [0.1, 0.15) is 5.82 Å². The summed E-state index contributed by atoms with van der Waals surface area (Å²) in [6.45, 7) is 2.03. The fourth-order valence-electron chi connectivity index (χ4n) is 2.96. The van der Waals surface area contributed by atoms with Crippen LogP contribution >= 0.6 is 11.6 Å². The number of carbonyl (C=O) groups is 1. The van der Waals surface area contributed by atoms with Gasteiger partial charge in [0.2, 0.25) is 5.91 Å². The molecule has 2 aromatic carbocycles. The highest BCUT2D eigenvalue weighted by molar-refractivity contribution is 6.30. The third-order valence-corrected chi connectivity index (χ3v) is 4.36. The number of fused-ring (bicyclic) bond motifs is 1. The van der Waals surface area contributed by atoms with E-state index in [9.17, 15) is 9.18 Å². The van der Waals surface area contributed by atoms with Crippen LogP contribution in [0.15, 0.2) is 42.5 Å². The Morgan fingerprint density at radius 3 is 2.73 bits per heavy atom. The largest absolute Gasteiger partial charge is 0.309 e. The molecule has 0 spiro atoms. The number of amides is 1. The second-order valence-corrected chi connectivity index (χ2v) is 6.16. The van der Waals surface area contributed by atoms with Gasteiger partial charge in [-0.2, -0.15) is 0 Å². The summed E-state index contributed by atoms with van der Waals surface area (Å²) in [6, 6.07) is 12.1. The number of hydrogen-bond acceptors (Lipinski definition) is 1. The number of benzene rings is 2. The zero-order valence-corrected chi connectivity index (χ0v) is 13.1. The molecular formula is C18H17ClFNO. The summed E-state index contributed by atoms with van der Waals surface area (Å²) >= 11 is 5.87. The zero-order chi connectivity index (χ0) is 15.7. The highest BCUT2D eigenvalue weighted by Crippen LogP contribution is 2.31. The summed E-state index contributed by atoms with van der Waals surface area (Å²) in [4.78, 5) is 14.5. The highest BCUT2D eigenvalue weighted by Gasteiger charge is 2.28. The first-order valence-electron chi connectivity index (χ1n) is 7.39. The third kappa shape index (κ3) is 3.00. The van der Waals surface area contributed by atoms with Gasteiger partial charge in [-0.3, -0.25) is 4.79 Å². The molecule has 0 aromatic heterocycles. The molecule has 1 atom stereocenters. The molecule has 1 amide bonds. The molecule has 0 radical (unpaired) electrons. The van der Waals surface area contributed by atoms with Crippen LogP contribution in [0.2, 0.25) is 5.02 Å². The summed E-state index contributed by atoms with van der Waals surface area (Å²) in [7, 11) is 0. The van der Waals surface area contributed by atoms with Crippen LogP contribution in [0.1, 0.15) is 24.5 Å². The number of aryl methyl sites for hydroxylation is 1. The normalized spacial score (nSPS) is 17.2. The predicted molar refractivity (Wildman–Crippen MR) is 86.8 cm³/mol. The number of halogens is 2. The van der Waals surface area contributed by atoms with Crippen LogP contribution in [0.3, 0.4) is 0 Å². The molecule has 4 heteroatoms. The summed E-state index contributed by atoms with van der Waals surface area (Å²) < 4.78 is 13.4. The van der Waals surface area contributed by atoms with Gasteiger partial charge in [0.05, 0.1) is 6.42 Å². The average Bonchev–Trinajstić information content (AvgIpc) is 2.49. The van der Waals surface area contributed by atoms with E-state index < -0.39 is 0 Å². The van der Waals surface area contributed by atoms with Crippen LogP contribution in [-0.4, -0.2) is 11.9 Å². The summed E-state index contributed by atoms with van der Waals surface area (Å²) in [5.41, 5.74) is 2.66. The minimum Gasteiger partial charge on any atom is -0.309 e. The molecule has 0 fully saturated rings. The summed E-state index contributed by atoms with van der Waals surface area (Å²) in [5.74, 6) is -0.221. The van der Waals surface area contributed by atoms with Gasteiger partial charge < -0.3 is 4.90 Å². The van der Waals surface area contributed by atoms with Gasteiger partial charge in [0.15, 0.2) is 0 Å². The molecule has 3 rings (SSSR count). The van der Waals surface area contributed by atoms with Crippen molar-refractivity contribution in [3.8, 4) is 0 Å². The second kappa shape index (κ2) is 6.09. The Balaban J connectivity index is 1.87. The fraction of sp³-hybridized carbons (Fsp3) is 0.278. The molecule has 1 aliphatic heterocycles. The molecule has 1 aliphatic rings. The quantitative estimate of drug-likeness (QED) is 0.804. The Hall–Kier alpha value is -1.87. The Morgan fingerprint density at radius 2 is 2.00 bits per heavy atom. The smallest absolute Gasteiger partial charge is 0.231 e. The second-order valence-electron chi connectivity index (χ2n) is 5.73. The van der Waals surface area contributed by atoms with Crippen molar-refractivity contribution in [2.24, 2.45) is 0 Å². The first kappa shape index (κ1) is 15.0. The lowest BCUT2D eigenvalue weighted by Crippen LogP contribution is -2.43. The lowest BCUT2D eigenvalue weighted by atomic mass is 9.95. The first-order chi connectivity index (χ1) is 10.5. The van der Waals surface area contributed by atoms with Crippen molar-refractivity contribution >= 4 is 23.2 Å². The zero-order valence-electron chi connectivity index (χ0n) is 12.4. The van der Waals surface area contributed by atoms with E-state index in [1.807, 2.05) is 19.1 Å². The van der Waals surface area contributed by atoms with Gasteiger partial charge >= 0.3 is 0 Å². The number of hydrogen-bond donors (Lipinski definition) is 0. The SMILES string of the molecule is C[C@H]1CCc2cc(F)ccc2N1C(=O)Cc1ccc(Cl)cc1. The molecule has 2 aromatic rings. The van der Waals surface area contributed by atoms with E-state index >= 15 is 0 Å². The van der Waals surface area contributed by atoms with Gasteiger partial charge in [-0.15, -0.1) is 0 Å². The van der Waals surface area contributed by atoms with Crippen molar-refractivity contribution in [3.63, 3.8) is 0 Å². The van der Waals surface area contributed by atoms with Crippen LogP contribution in [0.5, 0.6) is 0 Å². The van der Waals surface area contributed by atoms with E-state index in [1.54, 1.807) is 23.1 Å². The molecule has 0 bridgehead atoms. The Labute approximate surface area is 134 Å². The van der Waals surface area contributed by atoms with Crippen molar-refractivity contribution < 1.29 is 9.18 Å². The predicted octanol–water partition coefficient (Wildman–Crippen LogP) is 4.39. The maximum Gasteiger partial charge on any atom is 0.231 e. The van der Waals surface area contributed by atoms with E-state index in [0.717, 1.165) is 29.7 Å². The fourth-order valence-corrected chi connectivity index (χ4v) is 3.09. The van der Waals surface area contributed by atoms with Crippen LogP contribution in [-0.2, 0) is 17.6 Å². The Bertz CT molecular complexity index is 699. The first-order valence-corrected chi connectivity index (χ1v) is 7.77. The summed E-state index contributed by atoms with van der Waals surface area (Å²) in [6.07, 6.45) is 1.97. The Kier molecular flexibility index (Phi) is 4.16. The number of carbonyl (C=O) groups excluding carboxylic acids is 1. The van der Waals surface area contributed by atoms with E-state index in [1.165, 1.54) is 12.1 Å². The molecular weight excluding hydrogens is 301 g/mol. The third-order valence-electron chi connectivity index (χ3n) is 4.11. The maximum atomic E-state index is 13.4. The van der Waals surface area contributed by atoms with Crippen LogP contribution in [0.4, 0.5) is 10.1 Å². The molecule has 0 unspecified atom stereocenters. The number of rotatable bonds is 2.